The fraction of sp³-hybridized carbons (Fsp3) is 0.200. The van der Waals surface area contributed by atoms with Crippen LogP contribution in [0.4, 0.5) is 19.3 Å². The number of aromatic nitrogens is 1. The maximum absolute atomic E-state index is 12.5. The number of anilines is 1. The number of hydrogen-bond donors (Lipinski definition) is 2. The number of amides is 2. The highest BCUT2D eigenvalue weighted by atomic mass is 32.2. The summed E-state index contributed by atoms with van der Waals surface area (Å²) in [5.74, 6) is -3.51. The quantitative estimate of drug-likeness (QED) is 0.833. The van der Waals surface area contributed by atoms with Crippen LogP contribution in [0.5, 0.6) is 0 Å². The van der Waals surface area contributed by atoms with E-state index in [0.717, 1.165) is 17.8 Å². The van der Waals surface area contributed by atoms with Crippen LogP contribution >= 0.6 is 0 Å². The van der Waals surface area contributed by atoms with Crippen LogP contribution in [-0.2, 0) is 16.3 Å². The molecule has 0 saturated carbocycles. The maximum atomic E-state index is 12.5. The van der Waals surface area contributed by atoms with Crippen molar-refractivity contribution in [2.45, 2.75) is 17.1 Å². The third kappa shape index (κ3) is 4.72. The van der Waals surface area contributed by atoms with Gasteiger partial charge in [-0.1, -0.05) is 12.1 Å². The van der Waals surface area contributed by atoms with Crippen molar-refractivity contribution in [3.8, 4) is 0 Å². The highest BCUT2D eigenvalue weighted by Gasteiger charge is 2.26. The molecule has 0 aliphatic carbocycles. The van der Waals surface area contributed by atoms with Crippen LogP contribution in [0.2, 0.25) is 0 Å². The number of nitrogens with zero attached hydrogens (tertiary/aromatic N) is 1. The fourth-order valence-corrected chi connectivity index (χ4v) is 2.64. The number of nitrogens with one attached hydrogen (secondary N) is 2. The van der Waals surface area contributed by atoms with Crippen LogP contribution in [0.1, 0.15) is 5.69 Å². The van der Waals surface area contributed by atoms with Gasteiger partial charge in [-0.2, -0.15) is 8.78 Å². The number of halogens is 2. The monoisotopic (exact) mass is 355 g/mol. The molecule has 1 aromatic carbocycles. The molecule has 0 aliphatic heterocycles. The molecule has 1 heterocycles. The molecule has 24 heavy (non-hydrogen) atoms. The Morgan fingerprint density at radius 2 is 1.96 bits per heavy atom. The summed E-state index contributed by atoms with van der Waals surface area (Å²) in [7, 11) is -4.70. The van der Waals surface area contributed by atoms with Gasteiger partial charge >= 0.3 is 11.8 Å². The lowest BCUT2D eigenvalue weighted by Crippen LogP contribution is -2.30. The molecule has 1 aromatic heterocycles. The molecule has 0 radical (unpaired) electrons. The van der Waals surface area contributed by atoms with E-state index in [1.165, 1.54) is 12.1 Å². The van der Waals surface area contributed by atoms with E-state index in [1.807, 2.05) is 12.1 Å². The van der Waals surface area contributed by atoms with E-state index in [0.29, 0.717) is 13.0 Å². The Labute approximate surface area is 137 Å². The highest BCUT2D eigenvalue weighted by Crippen LogP contribution is 2.21. The zero-order valence-corrected chi connectivity index (χ0v) is 13.3. The van der Waals surface area contributed by atoms with Crippen molar-refractivity contribution in [3.63, 3.8) is 0 Å². The number of benzene rings is 1. The normalized spacial score (nSPS) is 11.3. The molecule has 0 fully saturated rings. The molecular formula is C15H15F2N3O3S. The number of sulfone groups is 1. The van der Waals surface area contributed by atoms with E-state index >= 15 is 0 Å². The van der Waals surface area contributed by atoms with E-state index < -0.39 is 26.5 Å². The smallest absolute Gasteiger partial charge is 0.337 e. The number of carbonyl (C=O) groups is 1. The van der Waals surface area contributed by atoms with Crippen LogP contribution in [-0.4, -0.2) is 31.7 Å². The number of alkyl halides is 2. The Morgan fingerprint density at radius 3 is 2.62 bits per heavy atom. The standard InChI is InChI=1S/C15H15F2N3O3S/c16-14(17)24(22,23)13-6-3-5-12(10-13)20-15(21)19-9-7-11-4-1-2-8-18-11/h1-6,8,10,14H,7,9H2,(H2,19,20,21). The number of rotatable bonds is 6. The van der Waals surface area contributed by atoms with Crippen molar-refractivity contribution in [2.75, 3.05) is 11.9 Å². The molecule has 0 spiro atoms. The van der Waals surface area contributed by atoms with Crippen LogP contribution in [0.3, 0.4) is 0 Å². The molecule has 128 valence electrons. The van der Waals surface area contributed by atoms with Crippen molar-refractivity contribution in [1.29, 1.82) is 0 Å². The lowest BCUT2D eigenvalue weighted by molar-refractivity contribution is 0.235. The Bertz CT molecular complexity index is 799. The van der Waals surface area contributed by atoms with Gasteiger partial charge in [0.1, 0.15) is 0 Å². The second-order valence-electron chi connectivity index (χ2n) is 4.79. The third-order valence-electron chi connectivity index (χ3n) is 3.05. The van der Waals surface area contributed by atoms with Gasteiger partial charge in [-0.25, -0.2) is 13.2 Å². The van der Waals surface area contributed by atoms with Gasteiger partial charge in [-0.3, -0.25) is 4.98 Å². The fourth-order valence-electron chi connectivity index (χ4n) is 1.88. The van der Waals surface area contributed by atoms with E-state index in [2.05, 4.69) is 15.6 Å². The van der Waals surface area contributed by atoms with E-state index in [9.17, 15) is 22.0 Å². The lowest BCUT2D eigenvalue weighted by atomic mass is 10.3. The number of hydrogen-bond acceptors (Lipinski definition) is 4. The average molecular weight is 355 g/mol. The number of carbonyl (C=O) groups excluding carboxylic acids is 1. The molecule has 2 aromatic rings. The minimum Gasteiger partial charge on any atom is -0.337 e. The Hall–Kier alpha value is -2.55. The topological polar surface area (TPSA) is 88.2 Å². The molecular weight excluding hydrogens is 340 g/mol. The summed E-state index contributed by atoms with van der Waals surface area (Å²) in [6, 6.07) is 9.57. The highest BCUT2D eigenvalue weighted by molar-refractivity contribution is 7.91. The molecule has 2 N–H and O–H groups in total. The zero-order chi connectivity index (χ0) is 17.6. The Balaban J connectivity index is 1.92. The first-order chi connectivity index (χ1) is 11.4. The lowest BCUT2D eigenvalue weighted by Gasteiger charge is -2.09. The van der Waals surface area contributed by atoms with Crippen molar-refractivity contribution < 1.29 is 22.0 Å². The molecule has 0 unspecified atom stereocenters. The molecule has 6 nitrogen and oxygen atoms in total. The van der Waals surface area contributed by atoms with Gasteiger partial charge in [0.15, 0.2) is 0 Å². The maximum Gasteiger partial charge on any atom is 0.341 e. The first kappa shape index (κ1) is 17.8. The Morgan fingerprint density at radius 1 is 1.17 bits per heavy atom. The van der Waals surface area contributed by atoms with Crippen LogP contribution < -0.4 is 10.6 Å². The van der Waals surface area contributed by atoms with Crippen molar-refractivity contribution >= 4 is 21.6 Å². The van der Waals surface area contributed by atoms with Crippen LogP contribution in [0.15, 0.2) is 53.6 Å². The SMILES string of the molecule is O=C(NCCc1ccccn1)Nc1cccc(S(=O)(=O)C(F)F)c1. The summed E-state index contributed by atoms with van der Waals surface area (Å²) in [6.07, 6.45) is 2.17. The molecule has 0 atom stereocenters. The second kappa shape index (κ2) is 7.82. The minimum absolute atomic E-state index is 0.104. The molecule has 0 saturated heterocycles. The average Bonchev–Trinajstić information content (AvgIpc) is 2.56. The van der Waals surface area contributed by atoms with Crippen LogP contribution in [0, 0.1) is 0 Å². The van der Waals surface area contributed by atoms with Gasteiger partial charge in [0.05, 0.1) is 4.90 Å². The van der Waals surface area contributed by atoms with Gasteiger partial charge in [-0.15, -0.1) is 0 Å². The summed E-state index contributed by atoms with van der Waals surface area (Å²) in [5, 5.41) is 4.97. The van der Waals surface area contributed by atoms with Crippen molar-refractivity contribution in [2.24, 2.45) is 0 Å². The number of pyridine rings is 1. The molecule has 0 bridgehead atoms. The largest absolute Gasteiger partial charge is 0.341 e. The van der Waals surface area contributed by atoms with Gasteiger partial charge in [0.25, 0.3) is 0 Å². The van der Waals surface area contributed by atoms with Gasteiger partial charge in [-0.05, 0) is 30.3 Å². The third-order valence-corrected chi connectivity index (χ3v) is 4.43. The first-order valence-electron chi connectivity index (χ1n) is 6.96. The number of urea groups is 1. The second-order valence-corrected chi connectivity index (χ2v) is 6.70. The summed E-state index contributed by atoms with van der Waals surface area (Å²) in [4.78, 5) is 15.3. The summed E-state index contributed by atoms with van der Waals surface area (Å²) >= 11 is 0. The molecule has 2 rings (SSSR count). The van der Waals surface area contributed by atoms with Crippen LogP contribution in [0.25, 0.3) is 0 Å². The first-order valence-corrected chi connectivity index (χ1v) is 8.51. The Kier molecular flexibility index (Phi) is 5.80. The minimum atomic E-state index is -4.70. The predicted molar refractivity (Wildman–Crippen MR) is 84.6 cm³/mol. The van der Waals surface area contributed by atoms with E-state index in [4.69, 9.17) is 0 Å². The van der Waals surface area contributed by atoms with Gasteiger partial charge in [0.2, 0.25) is 9.84 Å². The van der Waals surface area contributed by atoms with Gasteiger partial charge in [0, 0.05) is 30.5 Å². The van der Waals surface area contributed by atoms with E-state index in [-0.39, 0.29) is 5.69 Å². The van der Waals surface area contributed by atoms with E-state index in [1.54, 1.807) is 12.3 Å². The summed E-state index contributed by atoms with van der Waals surface area (Å²) in [6.45, 7) is 0.317. The summed E-state index contributed by atoms with van der Waals surface area (Å²) < 4.78 is 47.9. The summed E-state index contributed by atoms with van der Waals surface area (Å²) in [5.41, 5.74) is 0.912. The van der Waals surface area contributed by atoms with Gasteiger partial charge < -0.3 is 10.6 Å². The molecule has 9 heteroatoms. The van der Waals surface area contributed by atoms with Crippen molar-refractivity contribution in [1.82, 2.24) is 10.3 Å². The molecule has 0 aliphatic rings. The zero-order valence-electron chi connectivity index (χ0n) is 12.4. The predicted octanol–water partition coefficient (Wildman–Crippen LogP) is 2.44. The van der Waals surface area contributed by atoms with Crippen molar-refractivity contribution in [3.05, 3.63) is 54.4 Å². The molecule has 2 amide bonds.